The summed E-state index contributed by atoms with van der Waals surface area (Å²) in [6.45, 7) is 5.09. The van der Waals surface area contributed by atoms with E-state index in [-0.39, 0.29) is 0 Å². The molecule has 0 amide bonds. The zero-order chi connectivity index (χ0) is 18.4. The van der Waals surface area contributed by atoms with Gasteiger partial charge in [-0.2, -0.15) is 5.26 Å². The molecule has 0 saturated heterocycles. The Morgan fingerprint density at radius 2 is 2.00 bits per heavy atom. The highest BCUT2D eigenvalue weighted by molar-refractivity contribution is 8.00. The SMILES string of the molecule is Cc1ccc(S[C@@H](C)C(=O)OCC(=O)[C@H](C#N)c2nc(C)cs2)cc1. The van der Waals surface area contributed by atoms with Crippen LogP contribution in [0.3, 0.4) is 0 Å². The van der Waals surface area contributed by atoms with Crippen LogP contribution in [0.25, 0.3) is 0 Å². The average Bonchev–Trinajstić information content (AvgIpc) is 3.01. The first-order chi connectivity index (χ1) is 11.9. The monoisotopic (exact) mass is 374 g/mol. The summed E-state index contributed by atoms with van der Waals surface area (Å²) in [6, 6.07) is 9.74. The minimum absolute atomic E-state index is 0.422. The van der Waals surface area contributed by atoms with E-state index in [1.54, 1.807) is 19.2 Å². The Kier molecular flexibility index (Phi) is 6.73. The van der Waals surface area contributed by atoms with E-state index in [1.165, 1.54) is 23.1 Å². The van der Waals surface area contributed by atoms with Gasteiger partial charge in [-0.25, -0.2) is 4.98 Å². The van der Waals surface area contributed by atoms with Gasteiger partial charge in [0.25, 0.3) is 0 Å². The number of thioether (sulfide) groups is 1. The number of aromatic nitrogens is 1. The largest absolute Gasteiger partial charge is 0.457 e. The maximum absolute atomic E-state index is 12.2. The van der Waals surface area contributed by atoms with Gasteiger partial charge in [-0.1, -0.05) is 17.7 Å². The second-order valence-corrected chi connectivity index (χ2v) is 7.84. The summed E-state index contributed by atoms with van der Waals surface area (Å²) in [6.07, 6.45) is 0. The van der Waals surface area contributed by atoms with Crippen molar-refractivity contribution in [3.8, 4) is 6.07 Å². The van der Waals surface area contributed by atoms with Crippen LogP contribution in [0.5, 0.6) is 0 Å². The van der Waals surface area contributed by atoms with Crippen LogP contribution >= 0.6 is 23.1 Å². The summed E-state index contributed by atoms with van der Waals surface area (Å²) in [4.78, 5) is 29.4. The van der Waals surface area contributed by atoms with Crippen LogP contribution in [-0.4, -0.2) is 28.6 Å². The van der Waals surface area contributed by atoms with Crippen molar-refractivity contribution >= 4 is 34.9 Å². The molecule has 0 bridgehead atoms. The fraction of sp³-hybridized carbons (Fsp3) is 0.333. The Labute approximate surface area is 155 Å². The van der Waals surface area contributed by atoms with Gasteiger partial charge < -0.3 is 4.74 Å². The van der Waals surface area contributed by atoms with E-state index in [9.17, 15) is 14.9 Å². The highest BCUT2D eigenvalue weighted by Crippen LogP contribution is 2.25. The van der Waals surface area contributed by atoms with Gasteiger partial charge in [-0.05, 0) is 32.9 Å². The molecule has 25 heavy (non-hydrogen) atoms. The molecule has 0 unspecified atom stereocenters. The lowest BCUT2D eigenvalue weighted by Gasteiger charge is -2.12. The molecule has 5 nitrogen and oxygen atoms in total. The number of nitrogens with zero attached hydrogens (tertiary/aromatic N) is 2. The van der Waals surface area contributed by atoms with Crippen molar-refractivity contribution < 1.29 is 14.3 Å². The van der Waals surface area contributed by atoms with Gasteiger partial charge in [0.05, 0.1) is 6.07 Å². The summed E-state index contributed by atoms with van der Waals surface area (Å²) in [5, 5.41) is 11.0. The molecule has 0 fully saturated rings. The van der Waals surface area contributed by atoms with E-state index >= 15 is 0 Å². The summed E-state index contributed by atoms with van der Waals surface area (Å²) in [7, 11) is 0. The maximum Gasteiger partial charge on any atom is 0.319 e. The predicted molar refractivity (Wildman–Crippen MR) is 97.7 cm³/mol. The highest BCUT2D eigenvalue weighted by atomic mass is 32.2. The molecule has 2 rings (SSSR count). The lowest BCUT2D eigenvalue weighted by Crippen LogP contribution is -2.24. The van der Waals surface area contributed by atoms with Crippen LogP contribution in [0.4, 0.5) is 0 Å². The van der Waals surface area contributed by atoms with E-state index in [0.29, 0.717) is 5.01 Å². The third-order valence-corrected chi connectivity index (χ3v) is 5.48. The molecular weight excluding hydrogens is 356 g/mol. The molecule has 0 aliphatic heterocycles. The minimum Gasteiger partial charge on any atom is -0.457 e. The number of nitriles is 1. The molecule has 0 N–H and O–H groups in total. The molecule has 1 aromatic carbocycles. The third kappa shape index (κ3) is 5.41. The van der Waals surface area contributed by atoms with Gasteiger partial charge in [0.1, 0.15) is 10.3 Å². The second kappa shape index (κ2) is 8.79. The van der Waals surface area contributed by atoms with Crippen molar-refractivity contribution in [2.75, 3.05) is 6.61 Å². The van der Waals surface area contributed by atoms with Crippen LogP contribution in [0, 0.1) is 25.2 Å². The predicted octanol–water partition coefficient (Wildman–Crippen LogP) is 3.66. The van der Waals surface area contributed by atoms with Crippen molar-refractivity contribution in [2.24, 2.45) is 0 Å². The number of thiazole rings is 1. The number of hydrogen-bond donors (Lipinski definition) is 0. The van der Waals surface area contributed by atoms with Crippen LogP contribution in [0.1, 0.15) is 29.1 Å². The second-order valence-electron chi connectivity index (χ2n) is 5.54. The molecule has 130 valence electrons. The summed E-state index contributed by atoms with van der Waals surface area (Å²) < 4.78 is 5.09. The number of hydrogen-bond acceptors (Lipinski definition) is 7. The van der Waals surface area contributed by atoms with Crippen LogP contribution < -0.4 is 0 Å². The van der Waals surface area contributed by atoms with Crippen molar-refractivity contribution in [1.82, 2.24) is 4.98 Å². The van der Waals surface area contributed by atoms with Crippen molar-refractivity contribution in [3.05, 3.63) is 45.9 Å². The third-order valence-electron chi connectivity index (χ3n) is 3.36. The molecule has 0 aliphatic carbocycles. The lowest BCUT2D eigenvalue weighted by atomic mass is 10.1. The number of benzene rings is 1. The van der Waals surface area contributed by atoms with Crippen LogP contribution in [-0.2, 0) is 14.3 Å². The molecule has 7 heteroatoms. The highest BCUT2D eigenvalue weighted by Gasteiger charge is 2.25. The van der Waals surface area contributed by atoms with Crippen molar-refractivity contribution in [2.45, 2.75) is 36.8 Å². The summed E-state index contributed by atoms with van der Waals surface area (Å²) >= 11 is 2.62. The average molecular weight is 374 g/mol. The first kappa shape index (κ1) is 19.2. The number of Topliss-reactive ketones (excluding diaryl/α,β-unsaturated/α-hetero) is 1. The molecule has 1 heterocycles. The van der Waals surface area contributed by atoms with E-state index in [2.05, 4.69) is 4.98 Å². The Balaban J connectivity index is 1.88. The Morgan fingerprint density at radius 3 is 2.56 bits per heavy atom. The standard InChI is InChI=1S/C18H18N2O3S2/c1-11-4-6-14(7-5-11)25-13(3)18(22)23-9-16(21)15(8-19)17-20-12(2)10-24-17/h4-7,10,13,15H,9H2,1-3H3/t13-,15-/m0/s1. The maximum atomic E-state index is 12.2. The number of carbonyl (C=O) groups is 2. The fourth-order valence-electron chi connectivity index (χ4n) is 1.98. The van der Waals surface area contributed by atoms with E-state index < -0.39 is 29.5 Å². The number of ether oxygens (including phenoxy) is 1. The van der Waals surface area contributed by atoms with Crippen molar-refractivity contribution in [1.29, 1.82) is 5.26 Å². The van der Waals surface area contributed by atoms with Gasteiger partial charge in [-0.15, -0.1) is 23.1 Å². The van der Waals surface area contributed by atoms with E-state index in [0.717, 1.165) is 16.2 Å². The Hall–Kier alpha value is -2.17. The molecule has 1 aromatic heterocycles. The number of esters is 1. The quantitative estimate of drug-likeness (QED) is 0.543. The number of carbonyl (C=O) groups excluding carboxylic acids is 2. The van der Waals surface area contributed by atoms with Gasteiger partial charge >= 0.3 is 5.97 Å². The Morgan fingerprint density at radius 1 is 1.32 bits per heavy atom. The summed E-state index contributed by atoms with van der Waals surface area (Å²) in [5.74, 6) is -1.93. The molecule has 0 radical (unpaired) electrons. The molecule has 0 aliphatic rings. The number of ketones is 1. The molecule has 2 aromatic rings. The van der Waals surface area contributed by atoms with Crippen LogP contribution in [0.2, 0.25) is 0 Å². The van der Waals surface area contributed by atoms with Gasteiger partial charge in [0.2, 0.25) is 0 Å². The minimum atomic E-state index is -0.994. The van der Waals surface area contributed by atoms with Crippen LogP contribution in [0.15, 0.2) is 34.5 Å². The molecule has 2 atom stereocenters. The first-order valence-corrected chi connectivity index (χ1v) is 9.41. The smallest absolute Gasteiger partial charge is 0.319 e. The lowest BCUT2D eigenvalue weighted by molar-refractivity contribution is -0.147. The number of rotatable bonds is 7. The van der Waals surface area contributed by atoms with E-state index in [4.69, 9.17) is 4.74 Å². The molecular formula is C18H18N2O3S2. The zero-order valence-electron chi connectivity index (χ0n) is 14.2. The molecule has 0 spiro atoms. The topological polar surface area (TPSA) is 80.0 Å². The van der Waals surface area contributed by atoms with E-state index in [1.807, 2.05) is 37.3 Å². The zero-order valence-corrected chi connectivity index (χ0v) is 15.8. The first-order valence-electron chi connectivity index (χ1n) is 7.65. The Bertz CT molecular complexity index is 793. The number of aryl methyl sites for hydroxylation is 2. The van der Waals surface area contributed by atoms with Gasteiger partial charge in [-0.3, -0.25) is 9.59 Å². The normalized spacial score (nSPS) is 12.9. The van der Waals surface area contributed by atoms with Gasteiger partial charge in [0, 0.05) is 16.0 Å². The van der Waals surface area contributed by atoms with Crippen molar-refractivity contribution in [3.63, 3.8) is 0 Å². The van der Waals surface area contributed by atoms with Gasteiger partial charge in [0.15, 0.2) is 18.3 Å². The molecule has 0 saturated carbocycles. The summed E-state index contributed by atoms with van der Waals surface area (Å²) in [5.41, 5.74) is 1.90. The fourth-order valence-corrected chi connectivity index (χ4v) is 3.71.